The van der Waals surface area contributed by atoms with Crippen molar-refractivity contribution in [2.45, 2.75) is 51.7 Å². The highest BCUT2D eigenvalue weighted by Crippen LogP contribution is 2.18. The highest BCUT2D eigenvalue weighted by molar-refractivity contribution is 5.79. The molecule has 0 spiro atoms. The van der Waals surface area contributed by atoms with E-state index < -0.39 is 0 Å². The van der Waals surface area contributed by atoms with Gasteiger partial charge in [-0.1, -0.05) is 13.8 Å². The zero-order chi connectivity index (χ0) is 18.9. The highest BCUT2D eigenvalue weighted by Gasteiger charge is 2.16. The molecule has 1 N–H and O–H groups in total. The smallest absolute Gasteiger partial charge is 0.193 e. The number of aromatic nitrogens is 2. The van der Waals surface area contributed by atoms with Crippen LogP contribution in [0.5, 0.6) is 0 Å². The number of aliphatic imine (C=N–C) groups is 1. The number of rotatable bonds is 9. The summed E-state index contributed by atoms with van der Waals surface area (Å²) < 4.78 is 13.2. The molecule has 26 heavy (non-hydrogen) atoms. The quantitative estimate of drug-likeness (QED) is 0.413. The predicted molar refractivity (Wildman–Crippen MR) is 105 cm³/mol. The second kappa shape index (κ2) is 10.5. The van der Waals surface area contributed by atoms with E-state index in [4.69, 9.17) is 9.47 Å². The van der Waals surface area contributed by atoms with Gasteiger partial charge in [-0.3, -0.25) is 9.67 Å². The minimum atomic E-state index is 0.302. The first kappa shape index (κ1) is 20.7. The number of hydrogen-bond donors (Lipinski definition) is 1. The van der Waals surface area contributed by atoms with Crippen LogP contribution in [0.3, 0.4) is 0 Å². The second-order valence-electron chi connectivity index (χ2n) is 7.26. The minimum Gasteiger partial charge on any atom is -0.379 e. The summed E-state index contributed by atoms with van der Waals surface area (Å²) in [6, 6.07) is 0. The molecule has 148 valence electrons. The van der Waals surface area contributed by atoms with Crippen LogP contribution in [-0.4, -0.2) is 67.2 Å². The first-order valence-corrected chi connectivity index (χ1v) is 9.64. The van der Waals surface area contributed by atoms with E-state index in [1.54, 1.807) is 0 Å². The van der Waals surface area contributed by atoms with Gasteiger partial charge in [0.15, 0.2) is 5.96 Å². The Morgan fingerprint density at radius 3 is 3.00 bits per heavy atom. The summed E-state index contributed by atoms with van der Waals surface area (Å²) >= 11 is 0. The van der Waals surface area contributed by atoms with Gasteiger partial charge >= 0.3 is 0 Å². The topological polar surface area (TPSA) is 63.9 Å². The lowest BCUT2D eigenvalue weighted by molar-refractivity contribution is 0.0168. The summed E-state index contributed by atoms with van der Waals surface area (Å²) in [5, 5.41) is 7.99. The van der Waals surface area contributed by atoms with Crippen molar-refractivity contribution in [2.75, 3.05) is 40.5 Å². The van der Waals surface area contributed by atoms with E-state index in [1.807, 2.05) is 18.8 Å². The summed E-state index contributed by atoms with van der Waals surface area (Å²) in [5.74, 6) is 1.30. The van der Waals surface area contributed by atoms with E-state index in [0.717, 1.165) is 57.2 Å². The van der Waals surface area contributed by atoms with Gasteiger partial charge in [0, 0.05) is 59.2 Å². The molecule has 1 atom stereocenters. The van der Waals surface area contributed by atoms with Gasteiger partial charge in [0.05, 0.1) is 18.4 Å². The molecule has 7 nitrogen and oxygen atoms in total. The monoisotopic (exact) mass is 365 g/mol. The Hall–Kier alpha value is -1.60. The largest absolute Gasteiger partial charge is 0.379 e. The first-order valence-electron chi connectivity index (χ1n) is 9.64. The van der Waals surface area contributed by atoms with Gasteiger partial charge in [0.1, 0.15) is 0 Å². The Bertz CT molecular complexity index is 564. The number of aryl methyl sites for hydroxylation is 1. The third-order valence-electron chi connectivity index (χ3n) is 4.54. The molecule has 2 rings (SSSR count). The summed E-state index contributed by atoms with van der Waals surface area (Å²) in [6.45, 7) is 8.32. The number of nitrogens with one attached hydrogen (secondary N) is 1. The summed E-state index contributed by atoms with van der Waals surface area (Å²) in [6.07, 6.45) is 5.63. The van der Waals surface area contributed by atoms with Gasteiger partial charge < -0.3 is 19.7 Å². The maximum atomic E-state index is 5.70. The fourth-order valence-corrected chi connectivity index (χ4v) is 3.24. The predicted octanol–water partition coefficient (Wildman–Crippen LogP) is 2.14. The average molecular weight is 366 g/mol. The lowest BCUT2D eigenvalue weighted by Gasteiger charge is -2.22. The van der Waals surface area contributed by atoms with E-state index in [1.165, 1.54) is 5.56 Å². The summed E-state index contributed by atoms with van der Waals surface area (Å²) in [4.78, 5) is 6.52. The molecule has 1 aromatic rings. The Labute approximate surface area is 157 Å². The van der Waals surface area contributed by atoms with Crippen molar-refractivity contribution in [3.05, 3.63) is 17.5 Å². The van der Waals surface area contributed by atoms with Crippen molar-refractivity contribution in [3.8, 4) is 0 Å². The van der Waals surface area contributed by atoms with Crippen molar-refractivity contribution in [1.82, 2.24) is 20.0 Å². The fourth-order valence-electron chi connectivity index (χ4n) is 3.24. The molecule has 1 unspecified atom stereocenters. The standard InChI is InChI=1S/C19H35N5O2/c1-15(2)18-16(13-24(5)22-18)12-23(4)19(20-3)21-9-7-10-25-14-17-8-6-11-26-17/h13,15,17H,6-12,14H2,1-5H3,(H,20,21). The summed E-state index contributed by atoms with van der Waals surface area (Å²) in [7, 11) is 5.85. The van der Waals surface area contributed by atoms with Crippen molar-refractivity contribution in [1.29, 1.82) is 0 Å². The molecule has 1 aliphatic heterocycles. The Kier molecular flexibility index (Phi) is 8.38. The van der Waals surface area contributed by atoms with E-state index >= 15 is 0 Å². The second-order valence-corrected chi connectivity index (χ2v) is 7.26. The molecule has 2 heterocycles. The number of ether oxygens (including phenoxy) is 2. The van der Waals surface area contributed by atoms with E-state index in [9.17, 15) is 0 Å². The fraction of sp³-hybridized carbons (Fsp3) is 0.789. The van der Waals surface area contributed by atoms with Gasteiger partial charge in [-0.25, -0.2) is 0 Å². The third-order valence-corrected chi connectivity index (χ3v) is 4.54. The average Bonchev–Trinajstić information content (AvgIpc) is 3.23. The van der Waals surface area contributed by atoms with Crippen LogP contribution < -0.4 is 5.32 Å². The molecule has 0 aliphatic carbocycles. The van der Waals surface area contributed by atoms with Crippen molar-refractivity contribution >= 4 is 5.96 Å². The number of hydrogen-bond acceptors (Lipinski definition) is 4. The van der Waals surface area contributed by atoms with Crippen LogP contribution in [0.4, 0.5) is 0 Å². The van der Waals surface area contributed by atoms with E-state index in [2.05, 4.69) is 47.4 Å². The van der Waals surface area contributed by atoms with Crippen LogP contribution in [-0.2, 0) is 23.1 Å². The molecule has 1 saturated heterocycles. The zero-order valence-corrected chi connectivity index (χ0v) is 17.0. The maximum absolute atomic E-state index is 5.70. The molecule has 7 heteroatoms. The van der Waals surface area contributed by atoms with E-state index in [0.29, 0.717) is 18.6 Å². The lowest BCUT2D eigenvalue weighted by atomic mass is 10.1. The maximum Gasteiger partial charge on any atom is 0.193 e. The van der Waals surface area contributed by atoms with Gasteiger partial charge in [0.25, 0.3) is 0 Å². The van der Waals surface area contributed by atoms with Gasteiger partial charge in [-0.2, -0.15) is 5.10 Å². The molecule has 1 aliphatic rings. The van der Waals surface area contributed by atoms with E-state index in [-0.39, 0.29) is 0 Å². The molecule has 0 saturated carbocycles. The molecule has 1 aromatic heterocycles. The SMILES string of the molecule is CN=C(NCCCOCC1CCCO1)N(C)Cc1cn(C)nc1C(C)C. The molecule has 0 bridgehead atoms. The Morgan fingerprint density at radius 1 is 1.54 bits per heavy atom. The van der Waals surface area contributed by atoms with Gasteiger partial charge in [0.2, 0.25) is 0 Å². The van der Waals surface area contributed by atoms with Crippen molar-refractivity contribution < 1.29 is 9.47 Å². The molecule has 0 amide bonds. The molecular weight excluding hydrogens is 330 g/mol. The normalized spacial score (nSPS) is 17.9. The highest BCUT2D eigenvalue weighted by atomic mass is 16.5. The molecule has 0 aromatic carbocycles. The zero-order valence-electron chi connectivity index (χ0n) is 17.0. The number of nitrogens with zero attached hydrogens (tertiary/aromatic N) is 4. The summed E-state index contributed by atoms with van der Waals surface area (Å²) in [5.41, 5.74) is 2.39. The van der Waals surface area contributed by atoms with Crippen LogP contribution in [0.2, 0.25) is 0 Å². The van der Waals surface area contributed by atoms with Crippen LogP contribution in [0.1, 0.15) is 50.3 Å². The van der Waals surface area contributed by atoms with Crippen LogP contribution >= 0.6 is 0 Å². The molecule has 0 radical (unpaired) electrons. The van der Waals surface area contributed by atoms with Crippen LogP contribution in [0, 0.1) is 0 Å². The minimum absolute atomic E-state index is 0.302. The molecular formula is C19H35N5O2. The van der Waals surface area contributed by atoms with Gasteiger partial charge in [-0.15, -0.1) is 0 Å². The Morgan fingerprint density at radius 2 is 2.35 bits per heavy atom. The van der Waals surface area contributed by atoms with Crippen molar-refractivity contribution in [2.24, 2.45) is 12.0 Å². The van der Waals surface area contributed by atoms with Crippen LogP contribution in [0.15, 0.2) is 11.2 Å². The number of guanidine groups is 1. The Balaban J connectivity index is 1.70. The lowest BCUT2D eigenvalue weighted by Crippen LogP contribution is -2.39. The first-order chi connectivity index (χ1) is 12.5. The third kappa shape index (κ3) is 6.29. The van der Waals surface area contributed by atoms with Gasteiger partial charge in [-0.05, 0) is 25.2 Å². The molecule has 1 fully saturated rings. The van der Waals surface area contributed by atoms with Crippen molar-refractivity contribution in [3.63, 3.8) is 0 Å². The van der Waals surface area contributed by atoms with Crippen LogP contribution in [0.25, 0.3) is 0 Å².